The molecule has 106 valence electrons. The van der Waals surface area contributed by atoms with Gasteiger partial charge >= 0.3 is 0 Å². The second-order valence-corrected chi connectivity index (χ2v) is 5.20. The van der Waals surface area contributed by atoms with Crippen LogP contribution in [0.15, 0.2) is 60.7 Å². The average Bonchev–Trinajstić information content (AvgIpc) is 2.50. The Labute approximate surface area is 123 Å². The minimum absolute atomic E-state index is 0.0868. The lowest BCUT2D eigenvalue weighted by Crippen LogP contribution is -2.34. The van der Waals surface area contributed by atoms with Gasteiger partial charge in [-0.05, 0) is 23.3 Å². The molecular weight excluding hydrogens is 265 g/mol. The lowest BCUT2D eigenvalue weighted by atomic mass is 9.98. The summed E-state index contributed by atoms with van der Waals surface area (Å²) in [7, 11) is 0. The minimum Gasteiger partial charge on any atom is -0.293 e. The predicted molar refractivity (Wildman–Crippen MR) is 81.1 cm³/mol. The first-order chi connectivity index (χ1) is 10.2. The van der Waals surface area contributed by atoms with Crippen LogP contribution in [0.2, 0.25) is 0 Å². The molecule has 3 heteroatoms. The van der Waals surface area contributed by atoms with Gasteiger partial charge in [-0.1, -0.05) is 48.5 Å². The number of carbonyl (C=O) groups is 1. The molecule has 0 aromatic heterocycles. The monoisotopic (exact) mass is 281 g/mol. The van der Waals surface area contributed by atoms with Gasteiger partial charge in [-0.2, -0.15) is 0 Å². The third kappa shape index (κ3) is 3.26. The summed E-state index contributed by atoms with van der Waals surface area (Å²) in [4.78, 5) is 14.4. The highest BCUT2D eigenvalue weighted by Crippen LogP contribution is 2.21. The van der Waals surface area contributed by atoms with E-state index >= 15 is 0 Å². The summed E-state index contributed by atoms with van der Waals surface area (Å²) in [5.74, 6) is -0.197. The summed E-state index contributed by atoms with van der Waals surface area (Å²) in [6.07, 6.45) is 1.93. The zero-order valence-corrected chi connectivity index (χ0v) is 11.6. The molecule has 0 atom stereocenters. The van der Waals surface area contributed by atoms with Crippen molar-refractivity contribution >= 4 is 11.4 Å². The van der Waals surface area contributed by atoms with Crippen LogP contribution in [0.4, 0.5) is 4.39 Å². The topological polar surface area (TPSA) is 20.3 Å². The van der Waals surface area contributed by atoms with Crippen molar-refractivity contribution in [2.75, 3.05) is 13.1 Å². The molecule has 21 heavy (non-hydrogen) atoms. The fourth-order valence-electron chi connectivity index (χ4n) is 2.56. The average molecular weight is 281 g/mol. The van der Waals surface area contributed by atoms with Crippen molar-refractivity contribution in [3.63, 3.8) is 0 Å². The van der Waals surface area contributed by atoms with Crippen molar-refractivity contribution < 1.29 is 9.18 Å². The maximum Gasteiger partial charge on any atom is 0.177 e. The number of carbonyl (C=O) groups excluding carboxylic acids is 1. The zero-order valence-electron chi connectivity index (χ0n) is 11.6. The molecule has 2 aromatic rings. The quantitative estimate of drug-likeness (QED) is 0.860. The van der Waals surface area contributed by atoms with Crippen molar-refractivity contribution in [2.45, 2.75) is 6.54 Å². The Morgan fingerprint density at radius 3 is 2.38 bits per heavy atom. The van der Waals surface area contributed by atoms with Crippen LogP contribution in [0.3, 0.4) is 0 Å². The molecule has 1 heterocycles. The van der Waals surface area contributed by atoms with E-state index in [1.54, 1.807) is 12.1 Å². The highest BCUT2D eigenvalue weighted by atomic mass is 19.1. The molecule has 2 nitrogen and oxygen atoms in total. The van der Waals surface area contributed by atoms with Gasteiger partial charge in [-0.15, -0.1) is 0 Å². The Kier molecular flexibility index (Phi) is 3.93. The lowest BCUT2D eigenvalue weighted by Gasteiger charge is -2.25. The molecule has 3 rings (SSSR count). The third-order valence-corrected chi connectivity index (χ3v) is 3.63. The molecule has 0 radical (unpaired) electrons. The molecule has 0 spiro atoms. The van der Waals surface area contributed by atoms with Gasteiger partial charge in [0.25, 0.3) is 0 Å². The van der Waals surface area contributed by atoms with E-state index in [1.165, 1.54) is 17.7 Å². The number of benzene rings is 2. The van der Waals surface area contributed by atoms with Gasteiger partial charge in [-0.3, -0.25) is 9.69 Å². The molecule has 0 saturated heterocycles. The van der Waals surface area contributed by atoms with Gasteiger partial charge in [0, 0.05) is 18.7 Å². The first-order valence-corrected chi connectivity index (χ1v) is 6.98. The number of ketones is 1. The summed E-state index contributed by atoms with van der Waals surface area (Å²) in [6, 6.07) is 16.2. The highest BCUT2D eigenvalue weighted by molar-refractivity contribution is 6.22. The number of hydrogen-bond acceptors (Lipinski definition) is 2. The maximum absolute atomic E-state index is 12.9. The lowest BCUT2D eigenvalue weighted by molar-refractivity contribution is -0.115. The Morgan fingerprint density at radius 1 is 1.00 bits per heavy atom. The molecule has 0 saturated carbocycles. The largest absolute Gasteiger partial charge is 0.293 e. The second-order valence-electron chi connectivity index (χ2n) is 5.20. The predicted octanol–water partition coefficient (Wildman–Crippen LogP) is 3.29. The molecule has 1 aliphatic rings. The van der Waals surface area contributed by atoms with E-state index in [9.17, 15) is 9.18 Å². The molecule has 0 bridgehead atoms. The molecular formula is C18H16FNO. The molecule has 0 amide bonds. The Morgan fingerprint density at radius 2 is 1.71 bits per heavy atom. The van der Waals surface area contributed by atoms with Gasteiger partial charge in [0.1, 0.15) is 5.82 Å². The standard InChI is InChI=1S/C18H16FNO/c19-16-8-6-15(7-9-16)17-10-11-20(13-18(17)21)12-14-4-2-1-3-5-14/h1-10H,11-13H2. The smallest absolute Gasteiger partial charge is 0.177 e. The fourth-order valence-corrected chi connectivity index (χ4v) is 2.56. The van der Waals surface area contributed by atoms with Gasteiger partial charge in [0.05, 0.1) is 6.54 Å². The molecule has 1 aliphatic heterocycles. The van der Waals surface area contributed by atoms with Gasteiger partial charge < -0.3 is 0 Å². The Balaban J connectivity index is 1.73. The zero-order chi connectivity index (χ0) is 14.7. The fraction of sp³-hybridized carbons (Fsp3) is 0.167. The van der Waals surface area contributed by atoms with Crippen LogP contribution in [0.1, 0.15) is 11.1 Å². The summed E-state index contributed by atoms with van der Waals surface area (Å²) in [6.45, 7) is 1.89. The summed E-state index contributed by atoms with van der Waals surface area (Å²) < 4.78 is 12.9. The van der Waals surface area contributed by atoms with Gasteiger partial charge in [0.2, 0.25) is 0 Å². The second kappa shape index (κ2) is 6.02. The first-order valence-electron chi connectivity index (χ1n) is 6.98. The third-order valence-electron chi connectivity index (χ3n) is 3.63. The van der Waals surface area contributed by atoms with Crippen molar-refractivity contribution in [3.8, 4) is 0 Å². The van der Waals surface area contributed by atoms with Crippen LogP contribution in [0.25, 0.3) is 5.57 Å². The van der Waals surface area contributed by atoms with Crippen LogP contribution in [0.5, 0.6) is 0 Å². The van der Waals surface area contributed by atoms with E-state index in [0.29, 0.717) is 12.1 Å². The van der Waals surface area contributed by atoms with Crippen LogP contribution >= 0.6 is 0 Å². The SMILES string of the molecule is O=C1CN(Cc2ccccc2)CC=C1c1ccc(F)cc1. The normalized spacial score (nSPS) is 15.9. The highest BCUT2D eigenvalue weighted by Gasteiger charge is 2.20. The van der Waals surface area contributed by atoms with Crippen molar-refractivity contribution in [3.05, 3.63) is 77.6 Å². The number of rotatable bonds is 3. The van der Waals surface area contributed by atoms with E-state index in [-0.39, 0.29) is 11.6 Å². The number of halogens is 1. The van der Waals surface area contributed by atoms with Gasteiger partial charge in [0.15, 0.2) is 5.78 Å². The summed E-state index contributed by atoms with van der Waals surface area (Å²) >= 11 is 0. The van der Waals surface area contributed by atoms with E-state index in [0.717, 1.165) is 18.7 Å². The number of nitrogens with zero attached hydrogens (tertiary/aromatic N) is 1. The molecule has 0 aliphatic carbocycles. The van der Waals surface area contributed by atoms with Crippen molar-refractivity contribution in [1.29, 1.82) is 0 Å². The molecule has 0 N–H and O–H groups in total. The van der Waals surface area contributed by atoms with Crippen molar-refractivity contribution in [2.24, 2.45) is 0 Å². The van der Waals surface area contributed by atoms with Crippen LogP contribution < -0.4 is 0 Å². The Hall–Kier alpha value is -2.26. The summed E-state index contributed by atoms with van der Waals surface area (Å²) in [5, 5.41) is 0. The van der Waals surface area contributed by atoms with E-state index < -0.39 is 0 Å². The number of Topliss-reactive ketones (excluding diaryl/α,β-unsaturated/α-hetero) is 1. The van der Waals surface area contributed by atoms with Crippen LogP contribution in [-0.4, -0.2) is 23.8 Å². The van der Waals surface area contributed by atoms with Crippen molar-refractivity contribution in [1.82, 2.24) is 4.90 Å². The van der Waals surface area contributed by atoms with Crippen LogP contribution in [-0.2, 0) is 11.3 Å². The van der Waals surface area contributed by atoms with E-state index in [2.05, 4.69) is 17.0 Å². The number of hydrogen-bond donors (Lipinski definition) is 0. The molecule has 0 unspecified atom stereocenters. The van der Waals surface area contributed by atoms with E-state index in [4.69, 9.17) is 0 Å². The van der Waals surface area contributed by atoms with Crippen LogP contribution in [0, 0.1) is 5.82 Å². The van der Waals surface area contributed by atoms with Gasteiger partial charge in [-0.25, -0.2) is 4.39 Å². The minimum atomic E-state index is -0.284. The Bertz CT molecular complexity index is 661. The van der Waals surface area contributed by atoms with E-state index in [1.807, 2.05) is 24.3 Å². The maximum atomic E-state index is 12.9. The summed E-state index contributed by atoms with van der Waals surface area (Å²) in [5.41, 5.74) is 2.68. The first kappa shape index (κ1) is 13.7. The molecule has 2 aromatic carbocycles. The molecule has 0 fully saturated rings.